The van der Waals surface area contributed by atoms with Gasteiger partial charge in [-0.3, -0.25) is 4.79 Å². The first-order valence-electron chi connectivity index (χ1n) is 7.57. The molecule has 0 aliphatic carbocycles. The van der Waals surface area contributed by atoms with E-state index in [0.717, 1.165) is 48.0 Å². The molecule has 1 aliphatic heterocycles. The first kappa shape index (κ1) is 15.2. The van der Waals surface area contributed by atoms with E-state index >= 15 is 0 Å². The van der Waals surface area contributed by atoms with E-state index in [1.165, 1.54) is 11.3 Å². The normalized spacial score (nSPS) is 18.4. The number of amides is 1. The number of rotatable bonds is 4. The molecule has 1 amide bonds. The van der Waals surface area contributed by atoms with Crippen molar-refractivity contribution in [1.82, 2.24) is 9.88 Å². The SMILES string of the molecule is COCC1CCCN(C(=O)c2cnc(-c3ccccc3)s2)C1. The minimum atomic E-state index is 0.0977. The average Bonchev–Trinajstić information content (AvgIpc) is 3.05. The lowest BCUT2D eigenvalue weighted by Gasteiger charge is -2.32. The van der Waals surface area contributed by atoms with E-state index < -0.39 is 0 Å². The zero-order valence-electron chi connectivity index (χ0n) is 12.7. The Labute approximate surface area is 134 Å². The van der Waals surface area contributed by atoms with Gasteiger partial charge in [-0.1, -0.05) is 30.3 Å². The van der Waals surface area contributed by atoms with Crippen molar-refractivity contribution < 1.29 is 9.53 Å². The number of benzene rings is 1. The van der Waals surface area contributed by atoms with Crippen molar-refractivity contribution in [1.29, 1.82) is 0 Å². The summed E-state index contributed by atoms with van der Waals surface area (Å²) in [5, 5.41) is 0.898. The van der Waals surface area contributed by atoms with Crippen LogP contribution in [0.5, 0.6) is 0 Å². The third-order valence-corrected chi connectivity index (χ3v) is 4.98. The van der Waals surface area contributed by atoms with Crippen molar-refractivity contribution in [2.45, 2.75) is 12.8 Å². The number of carbonyl (C=O) groups excluding carboxylic acids is 1. The number of hydrogen-bond donors (Lipinski definition) is 0. The molecule has 2 heterocycles. The number of thiazole rings is 1. The number of carbonyl (C=O) groups is 1. The summed E-state index contributed by atoms with van der Waals surface area (Å²) in [6.45, 7) is 2.34. The lowest BCUT2D eigenvalue weighted by atomic mass is 9.99. The Hall–Kier alpha value is -1.72. The Balaban J connectivity index is 1.71. The molecular weight excluding hydrogens is 296 g/mol. The second kappa shape index (κ2) is 7.03. The van der Waals surface area contributed by atoms with Crippen molar-refractivity contribution >= 4 is 17.2 Å². The monoisotopic (exact) mass is 316 g/mol. The lowest BCUT2D eigenvalue weighted by Crippen LogP contribution is -2.40. The lowest BCUT2D eigenvalue weighted by molar-refractivity contribution is 0.0575. The van der Waals surface area contributed by atoms with Crippen LogP contribution in [-0.4, -0.2) is 42.6 Å². The van der Waals surface area contributed by atoms with Crippen LogP contribution in [0.1, 0.15) is 22.5 Å². The van der Waals surface area contributed by atoms with Gasteiger partial charge in [-0.25, -0.2) is 4.98 Å². The van der Waals surface area contributed by atoms with E-state index in [9.17, 15) is 4.79 Å². The van der Waals surface area contributed by atoms with Crippen LogP contribution in [0.2, 0.25) is 0 Å². The Morgan fingerprint density at radius 2 is 2.23 bits per heavy atom. The summed E-state index contributed by atoms with van der Waals surface area (Å²) in [4.78, 5) is 19.7. The van der Waals surface area contributed by atoms with E-state index in [-0.39, 0.29) is 5.91 Å². The minimum Gasteiger partial charge on any atom is -0.384 e. The van der Waals surface area contributed by atoms with Gasteiger partial charge >= 0.3 is 0 Å². The molecule has 4 nitrogen and oxygen atoms in total. The number of methoxy groups -OCH3 is 1. The smallest absolute Gasteiger partial charge is 0.265 e. The molecule has 5 heteroatoms. The van der Waals surface area contributed by atoms with Crippen LogP contribution in [0.25, 0.3) is 10.6 Å². The molecule has 22 heavy (non-hydrogen) atoms. The van der Waals surface area contributed by atoms with Gasteiger partial charge in [0.1, 0.15) is 9.88 Å². The Kier molecular flexibility index (Phi) is 4.85. The molecule has 1 unspecified atom stereocenters. The van der Waals surface area contributed by atoms with Crippen molar-refractivity contribution in [3.05, 3.63) is 41.4 Å². The van der Waals surface area contributed by atoms with Crippen LogP contribution in [0.3, 0.4) is 0 Å². The quantitative estimate of drug-likeness (QED) is 0.869. The Morgan fingerprint density at radius 1 is 1.41 bits per heavy atom. The summed E-state index contributed by atoms with van der Waals surface area (Å²) in [7, 11) is 1.72. The second-order valence-electron chi connectivity index (χ2n) is 5.61. The minimum absolute atomic E-state index is 0.0977. The van der Waals surface area contributed by atoms with Crippen LogP contribution < -0.4 is 0 Å². The molecular formula is C17H20N2O2S. The first-order valence-corrected chi connectivity index (χ1v) is 8.39. The van der Waals surface area contributed by atoms with Crippen molar-refractivity contribution in [2.75, 3.05) is 26.8 Å². The summed E-state index contributed by atoms with van der Waals surface area (Å²) in [6, 6.07) is 9.98. The van der Waals surface area contributed by atoms with Gasteiger partial charge in [0.15, 0.2) is 0 Å². The summed E-state index contributed by atoms with van der Waals surface area (Å²) < 4.78 is 5.23. The zero-order valence-corrected chi connectivity index (χ0v) is 13.5. The number of ether oxygens (including phenoxy) is 1. The van der Waals surface area contributed by atoms with Crippen LogP contribution >= 0.6 is 11.3 Å². The first-order chi connectivity index (χ1) is 10.8. The number of piperidine rings is 1. The van der Waals surface area contributed by atoms with E-state index in [4.69, 9.17) is 4.74 Å². The van der Waals surface area contributed by atoms with E-state index in [1.807, 2.05) is 35.2 Å². The predicted molar refractivity (Wildman–Crippen MR) is 88.1 cm³/mol. The van der Waals surface area contributed by atoms with Crippen molar-refractivity contribution in [2.24, 2.45) is 5.92 Å². The van der Waals surface area contributed by atoms with Crippen molar-refractivity contribution in [3.63, 3.8) is 0 Å². The molecule has 1 atom stereocenters. The predicted octanol–water partition coefficient (Wildman–Crippen LogP) is 3.31. The summed E-state index contributed by atoms with van der Waals surface area (Å²) in [5.41, 5.74) is 1.06. The summed E-state index contributed by atoms with van der Waals surface area (Å²) in [6.07, 6.45) is 3.88. The molecule has 1 aromatic carbocycles. The highest BCUT2D eigenvalue weighted by molar-refractivity contribution is 7.16. The fourth-order valence-corrected chi connectivity index (χ4v) is 3.75. The van der Waals surface area contributed by atoms with Crippen LogP contribution in [0.4, 0.5) is 0 Å². The molecule has 3 rings (SSSR count). The molecule has 1 fully saturated rings. The van der Waals surface area contributed by atoms with Crippen molar-refractivity contribution in [3.8, 4) is 10.6 Å². The summed E-state index contributed by atoms with van der Waals surface area (Å²) in [5.74, 6) is 0.546. The molecule has 1 saturated heterocycles. The number of aromatic nitrogens is 1. The highest BCUT2D eigenvalue weighted by atomic mass is 32.1. The molecule has 0 spiro atoms. The maximum atomic E-state index is 12.6. The van der Waals surface area contributed by atoms with E-state index in [2.05, 4.69) is 4.98 Å². The molecule has 0 N–H and O–H groups in total. The maximum absolute atomic E-state index is 12.6. The number of nitrogens with zero attached hydrogens (tertiary/aromatic N) is 2. The standard InChI is InChI=1S/C17H20N2O2S/c1-21-12-13-6-5-9-19(11-13)17(20)15-10-18-16(22-15)14-7-3-2-4-8-14/h2-4,7-8,10,13H,5-6,9,11-12H2,1H3. The average molecular weight is 316 g/mol. The van der Waals surface area contributed by atoms with Gasteiger partial charge in [-0.15, -0.1) is 11.3 Å². The Morgan fingerprint density at radius 3 is 3.00 bits per heavy atom. The van der Waals surface area contributed by atoms with Crippen LogP contribution in [-0.2, 0) is 4.74 Å². The molecule has 116 valence electrons. The Bertz CT molecular complexity index is 625. The molecule has 1 aliphatic rings. The molecule has 0 saturated carbocycles. The largest absolute Gasteiger partial charge is 0.384 e. The molecule has 0 radical (unpaired) electrons. The van der Waals surface area contributed by atoms with E-state index in [0.29, 0.717) is 5.92 Å². The highest BCUT2D eigenvalue weighted by Gasteiger charge is 2.25. The van der Waals surface area contributed by atoms with Crippen LogP contribution in [0.15, 0.2) is 36.5 Å². The van der Waals surface area contributed by atoms with E-state index in [1.54, 1.807) is 13.3 Å². The van der Waals surface area contributed by atoms with Gasteiger partial charge in [0.05, 0.1) is 12.8 Å². The molecule has 1 aromatic heterocycles. The number of hydrogen-bond acceptors (Lipinski definition) is 4. The summed E-state index contributed by atoms with van der Waals surface area (Å²) >= 11 is 1.47. The second-order valence-corrected chi connectivity index (χ2v) is 6.64. The fourth-order valence-electron chi connectivity index (χ4n) is 2.86. The van der Waals surface area contributed by atoms with Gasteiger partial charge in [0.25, 0.3) is 5.91 Å². The highest BCUT2D eigenvalue weighted by Crippen LogP contribution is 2.27. The third-order valence-electron chi connectivity index (χ3n) is 3.95. The van der Waals surface area contributed by atoms with Gasteiger partial charge in [0.2, 0.25) is 0 Å². The van der Waals surface area contributed by atoms with Gasteiger partial charge in [-0.2, -0.15) is 0 Å². The van der Waals surface area contributed by atoms with Gasteiger partial charge in [-0.05, 0) is 18.8 Å². The molecule has 0 bridgehead atoms. The number of likely N-dealkylation sites (tertiary alicyclic amines) is 1. The molecule has 2 aromatic rings. The van der Waals surface area contributed by atoms with Crippen LogP contribution in [0, 0.1) is 5.92 Å². The zero-order chi connectivity index (χ0) is 15.4. The maximum Gasteiger partial charge on any atom is 0.265 e. The van der Waals surface area contributed by atoms with Gasteiger partial charge in [0, 0.05) is 25.8 Å². The third kappa shape index (κ3) is 3.36. The fraction of sp³-hybridized carbons (Fsp3) is 0.412. The topological polar surface area (TPSA) is 42.4 Å². The van der Waals surface area contributed by atoms with Gasteiger partial charge < -0.3 is 9.64 Å².